The van der Waals surface area contributed by atoms with Crippen molar-refractivity contribution >= 4 is 0 Å². The van der Waals surface area contributed by atoms with Gasteiger partial charge >= 0.3 is 0 Å². The fraction of sp³-hybridized carbons (Fsp3) is 0.647. The lowest BCUT2D eigenvalue weighted by atomic mass is 9.67. The second kappa shape index (κ2) is 7.66. The molecule has 1 aromatic rings. The fourth-order valence-electron chi connectivity index (χ4n) is 2.82. The molecule has 0 spiro atoms. The molecule has 0 aliphatic heterocycles. The van der Waals surface area contributed by atoms with E-state index in [1.54, 1.807) is 7.11 Å². The van der Waals surface area contributed by atoms with Crippen molar-refractivity contribution in [3.8, 4) is 11.5 Å². The highest BCUT2D eigenvalue weighted by atomic mass is 16.5. The third-order valence-corrected chi connectivity index (χ3v) is 4.54. The first-order chi connectivity index (χ1) is 10.2. The number of hydrogen-bond donors (Lipinski definition) is 2. The van der Waals surface area contributed by atoms with E-state index in [1.165, 1.54) is 25.7 Å². The van der Waals surface area contributed by atoms with E-state index in [4.69, 9.17) is 9.47 Å². The van der Waals surface area contributed by atoms with Crippen molar-refractivity contribution in [1.29, 1.82) is 0 Å². The van der Waals surface area contributed by atoms with Gasteiger partial charge in [-0.05, 0) is 36.8 Å². The highest BCUT2D eigenvalue weighted by molar-refractivity contribution is 5.39. The normalized spacial score (nSPS) is 17.9. The molecule has 0 aromatic heterocycles. The van der Waals surface area contributed by atoms with E-state index in [0.29, 0.717) is 23.5 Å². The van der Waals surface area contributed by atoms with Crippen LogP contribution in [0.1, 0.15) is 32.6 Å². The van der Waals surface area contributed by atoms with Crippen LogP contribution in [0.4, 0.5) is 0 Å². The molecule has 1 unspecified atom stereocenters. The Morgan fingerprint density at radius 2 is 2.00 bits per heavy atom. The highest BCUT2D eigenvalue weighted by Gasteiger charge is 2.34. The lowest BCUT2D eigenvalue weighted by Crippen LogP contribution is -2.42. The number of rotatable bonds is 9. The lowest BCUT2D eigenvalue weighted by molar-refractivity contribution is 0.0860. The Bertz CT molecular complexity index is 426. The van der Waals surface area contributed by atoms with Crippen LogP contribution in [-0.4, -0.2) is 38.0 Å². The molecule has 0 saturated heterocycles. The van der Waals surface area contributed by atoms with Crippen molar-refractivity contribution in [2.75, 3.05) is 26.8 Å². The van der Waals surface area contributed by atoms with Crippen molar-refractivity contribution in [3.63, 3.8) is 0 Å². The molecule has 0 radical (unpaired) electrons. The highest BCUT2D eigenvalue weighted by Crippen LogP contribution is 2.42. The van der Waals surface area contributed by atoms with Gasteiger partial charge in [-0.1, -0.05) is 25.5 Å². The minimum Gasteiger partial charge on any atom is -0.493 e. The van der Waals surface area contributed by atoms with Crippen molar-refractivity contribution in [3.05, 3.63) is 24.3 Å². The van der Waals surface area contributed by atoms with E-state index >= 15 is 0 Å². The summed E-state index contributed by atoms with van der Waals surface area (Å²) in [6.45, 7) is 4.08. The molecule has 118 valence electrons. The van der Waals surface area contributed by atoms with Crippen LogP contribution in [0.25, 0.3) is 0 Å². The topological polar surface area (TPSA) is 50.7 Å². The number of aliphatic hydroxyl groups is 1. The van der Waals surface area contributed by atoms with Gasteiger partial charge in [0, 0.05) is 13.1 Å². The van der Waals surface area contributed by atoms with Gasteiger partial charge in [-0.3, -0.25) is 0 Å². The Labute approximate surface area is 127 Å². The van der Waals surface area contributed by atoms with Crippen molar-refractivity contribution in [2.45, 2.75) is 38.7 Å². The molecule has 1 aliphatic rings. The fourth-order valence-corrected chi connectivity index (χ4v) is 2.82. The second-order valence-corrected chi connectivity index (χ2v) is 5.95. The zero-order valence-electron chi connectivity index (χ0n) is 13.1. The SMILES string of the molecule is CCC1(CNCC(O)COc2ccccc2OC)CCC1. The largest absolute Gasteiger partial charge is 0.493 e. The molecular weight excluding hydrogens is 266 g/mol. The average Bonchev–Trinajstić information content (AvgIpc) is 2.48. The first kappa shape index (κ1) is 16.1. The van der Waals surface area contributed by atoms with Gasteiger partial charge in [0.2, 0.25) is 0 Å². The van der Waals surface area contributed by atoms with Crippen LogP contribution in [-0.2, 0) is 0 Å². The molecule has 0 amide bonds. The van der Waals surface area contributed by atoms with Gasteiger partial charge in [0.1, 0.15) is 12.7 Å². The summed E-state index contributed by atoms with van der Waals surface area (Å²) in [7, 11) is 1.61. The molecule has 1 atom stereocenters. The average molecular weight is 293 g/mol. The predicted molar refractivity (Wildman–Crippen MR) is 83.9 cm³/mol. The third-order valence-electron chi connectivity index (χ3n) is 4.54. The maximum absolute atomic E-state index is 10.0. The zero-order chi connectivity index (χ0) is 15.1. The second-order valence-electron chi connectivity index (χ2n) is 5.95. The summed E-state index contributed by atoms with van der Waals surface area (Å²) < 4.78 is 10.8. The summed E-state index contributed by atoms with van der Waals surface area (Å²) in [5, 5.41) is 13.4. The van der Waals surface area contributed by atoms with E-state index in [-0.39, 0.29) is 6.61 Å². The number of nitrogens with one attached hydrogen (secondary N) is 1. The molecule has 21 heavy (non-hydrogen) atoms. The lowest BCUT2D eigenvalue weighted by Gasteiger charge is -2.41. The summed E-state index contributed by atoms with van der Waals surface area (Å²) in [5.41, 5.74) is 0.475. The van der Waals surface area contributed by atoms with E-state index in [9.17, 15) is 5.11 Å². The Kier molecular flexibility index (Phi) is 5.88. The summed E-state index contributed by atoms with van der Waals surface area (Å²) in [6, 6.07) is 7.48. The molecule has 2 rings (SSSR count). The van der Waals surface area contributed by atoms with Crippen LogP contribution in [0.2, 0.25) is 0 Å². The molecular formula is C17H27NO3. The van der Waals surface area contributed by atoms with Gasteiger partial charge in [0.15, 0.2) is 11.5 Å². The van der Waals surface area contributed by atoms with Gasteiger partial charge in [0.25, 0.3) is 0 Å². The van der Waals surface area contributed by atoms with Crippen LogP contribution < -0.4 is 14.8 Å². The van der Waals surface area contributed by atoms with E-state index in [1.807, 2.05) is 24.3 Å². The molecule has 2 N–H and O–H groups in total. The van der Waals surface area contributed by atoms with Gasteiger partial charge < -0.3 is 19.9 Å². The van der Waals surface area contributed by atoms with Crippen molar-refractivity contribution < 1.29 is 14.6 Å². The Hall–Kier alpha value is -1.26. The maximum atomic E-state index is 10.0. The van der Waals surface area contributed by atoms with Gasteiger partial charge in [-0.25, -0.2) is 0 Å². The molecule has 4 nitrogen and oxygen atoms in total. The molecule has 1 saturated carbocycles. The monoisotopic (exact) mass is 293 g/mol. The summed E-state index contributed by atoms with van der Waals surface area (Å²) in [6.07, 6.45) is 4.67. The third kappa shape index (κ3) is 4.35. The molecule has 1 fully saturated rings. The molecule has 0 heterocycles. The Balaban J connectivity index is 1.68. The van der Waals surface area contributed by atoms with Gasteiger partial charge in [0.05, 0.1) is 7.11 Å². The molecule has 0 bridgehead atoms. The summed E-state index contributed by atoms with van der Waals surface area (Å²) >= 11 is 0. The van der Waals surface area contributed by atoms with Crippen molar-refractivity contribution in [2.24, 2.45) is 5.41 Å². The van der Waals surface area contributed by atoms with Crippen LogP contribution in [0.15, 0.2) is 24.3 Å². The molecule has 1 aromatic carbocycles. The first-order valence-corrected chi connectivity index (χ1v) is 7.84. The number of para-hydroxylation sites is 2. The van der Waals surface area contributed by atoms with Crippen LogP contribution in [0.5, 0.6) is 11.5 Å². The molecule has 4 heteroatoms. The predicted octanol–water partition coefficient (Wildman–Crippen LogP) is 2.60. The van der Waals surface area contributed by atoms with Crippen LogP contribution in [0.3, 0.4) is 0 Å². The van der Waals surface area contributed by atoms with Crippen LogP contribution in [0, 0.1) is 5.41 Å². The molecule has 1 aliphatic carbocycles. The summed E-state index contributed by atoms with van der Waals surface area (Å²) in [4.78, 5) is 0. The Morgan fingerprint density at radius 1 is 1.29 bits per heavy atom. The first-order valence-electron chi connectivity index (χ1n) is 7.84. The van der Waals surface area contributed by atoms with Gasteiger partial charge in [-0.2, -0.15) is 0 Å². The van der Waals surface area contributed by atoms with Gasteiger partial charge in [-0.15, -0.1) is 0 Å². The number of hydrogen-bond acceptors (Lipinski definition) is 4. The minimum atomic E-state index is -0.510. The van der Waals surface area contributed by atoms with Crippen molar-refractivity contribution in [1.82, 2.24) is 5.32 Å². The quantitative estimate of drug-likeness (QED) is 0.735. The smallest absolute Gasteiger partial charge is 0.161 e. The van der Waals surface area contributed by atoms with E-state index in [0.717, 1.165) is 6.54 Å². The number of methoxy groups -OCH3 is 1. The zero-order valence-corrected chi connectivity index (χ0v) is 13.1. The van der Waals surface area contributed by atoms with E-state index in [2.05, 4.69) is 12.2 Å². The number of aliphatic hydroxyl groups excluding tert-OH is 1. The number of benzene rings is 1. The standard InChI is InChI=1S/C17H27NO3/c1-3-17(9-6-10-17)13-18-11-14(19)12-21-16-8-5-4-7-15(16)20-2/h4-5,7-8,14,18-19H,3,6,9-13H2,1-2H3. The van der Waals surface area contributed by atoms with E-state index < -0.39 is 6.10 Å². The summed E-state index contributed by atoms with van der Waals surface area (Å²) in [5.74, 6) is 1.36. The minimum absolute atomic E-state index is 0.270. The number of ether oxygens (including phenoxy) is 2. The van der Waals surface area contributed by atoms with Crippen LogP contribution >= 0.6 is 0 Å². The Morgan fingerprint density at radius 3 is 2.57 bits per heavy atom. The maximum Gasteiger partial charge on any atom is 0.161 e.